The molecule has 0 amide bonds. The fourth-order valence-corrected chi connectivity index (χ4v) is 1.47. The van der Waals surface area contributed by atoms with Gasteiger partial charge in [0.25, 0.3) is 0 Å². The molecule has 2 nitrogen and oxygen atoms in total. The SMILES string of the molecule is C=CCCN[C@H](C)c1ccc(OC)c(F)c1. The van der Waals surface area contributed by atoms with Crippen molar-refractivity contribution >= 4 is 0 Å². The second-order valence-electron chi connectivity index (χ2n) is 3.65. The number of ether oxygens (including phenoxy) is 1. The summed E-state index contributed by atoms with van der Waals surface area (Å²) in [5.41, 5.74) is 0.919. The largest absolute Gasteiger partial charge is 0.494 e. The van der Waals surface area contributed by atoms with Crippen LogP contribution in [-0.2, 0) is 0 Å². The van der Waals surface area contributed by atoms with Crippen molar-refractivity contribution in [2.24, 2.45) is 0 Å². The highest BCUT2D eigenvalue weighted by Crippen LogP contribution is 2.21. The van der Waals surface area contributed by atoms with Crippen LogP contribution < -0.4 is 10.1 Å². The number of rotatable bonds is 6. The monoisotopic (exact) mass is 223 g/mol. The predicted molar refractivity (Wildman–Crippen MR) is 64.2 cm³/mol. The van der Waals surface area contributed by atoms with E-state index < -0.39 is 0 Å². The van der Waals surface area contributed by atoms with Crippen LogP contribution in [0.3, 0.4) is 0 Å². The zero-order valence-electron chi connectivity index (χ0n) is 9.79. The first-order valence-electron chi connectivity index (χ1n) is 5.36. The smallest absolute Gasteiger partial charge is 0.165 e. The third-order valence-corrected chi connectivity index (χ3v) is 2.47. The standard InChI is InChI=1S/C13H18FNO/c1-4-5-8-15-10(2)11-6-7-13(16-3)12(14)9-11/h4,6-7,9-10,15H,1,5,8H2,2-3H3/t10-/m1/s1. The number of nitrogens with one attached hydrogen (secondary N) is 1. The van der Waals surface area contributed by atoms with Gasteiger partial charge in [-0.1, -0.05) is 12.1 Å². The van der Waals surface area contributed by atoms with Gasteiger partial charge in [-0.15, -0.1) is 6.58 Å². The molecule has 1 rings (SSSR count). The predicted octanol–water partition coefficient (Wildman–Crippen LogP) is 3.06. The Hall–Kier alpha value is -1.35. The van der Waals surface area contributed by atoms with Crippen molar-refractivity contribution in [3.05, 3.63) is 42.2 Å². The highest BCUT2D eigenvalue weighted by Gasteiger charge is 2.08. The fraction of sp³-hybridized carbons (Fsp3) is 0.385. The lowest BCUT2D eigenvalue weighted by Crippen LogP contribution is -2.19. The minimum atomic E-state index is -0.322. The van der Waals surface area contributed by atoms with E-state index >= 15 is 0 Å². The lowest BCUT2D eigenvalue weighted by atomic mass is 10.1. The Morgan fingerprint density at radius 2 is 2.31 bits per heavy atom. The molecular weight excluding hydrogens is 205 g/mol. The number of methoxy groups -OCH3 is 1. The average Bonchev–Trinajstić information content (AvgIpc) is 2.29. The van der Waals surface area contributed by atoms with Crippen LogP contribution in [0.1, 0.15) is 24.9 Å². The number of hydrogen-bond donors (Lipinski definition) is 1. The van der Waals surface area contributed by atoms with E-state index in [-0.39, 0.29) is 17.6 Å². The molecule has 0 bridgehead atoms. The van der Waals surface area contributed by atoms with Crippen LogP contribution in [0.4, 0.5) is 4.39 Å². The van der Waals surface area contributed by atoms with Gasteiger partial charge in [-0.2, -0.15) is 0 Å². The van der Waals surface area contributed by atoms with Crippen molar-refractivity contribution in [3.63, 3.8) is 0 Å². The molecule has 0 aliphatic heterocycles. The van der Waals surface area contributed by atoms with Crippen LogP contribution in [0.15, 0.2) is 30.9 Å². The first kappa shape index (κ1) is 12.7. The van der Waals surface area contributed by atoms with Crippen molar-refractivity contribution in [2.45, 2.75) is 19.4 Å². The second-order valence-corrected chi connectivity index (χ2v) is 3.65. The molecule has 0 fully saturated rings. The molecule has 0 unspecified atom stereocenters. The maximum Gasteiger partial charge on any atom is 0.165 e. The van der Waals surface area contributed by atoms with Gasteiger partial charge in [0.1, 0.15) is 0 Å². The average molecular weight is 223 g/mol. The summed E-state index contributed by atoms with van der Waals surface area (Å²) in [5, 5.41) is 3.29. The van der Waals surface area contributed by atoms with Crippen molar-refractivity contribution in [1.29, 1.82) is 0 Å². The molecule has 0 saturated carbocycles. The third-order valence-electron chi connectivity index (χ3n) is 2.47. The summed E-state index contributed by atoms with van der Waals surface area (Å²) in [6.07, 6.45) is 2.76. The Morgan fingerprint density at radius 1 is 1.56 bits per heavy atom. The normalized spacial score (nSPS) is 12.2. The molecule has 1 aromatic rings. The Balaban J connectivity index is 2.65. The van der Waals surface area contributed by atoms with Crippen LogP contribution in [0, 0.1) is 5.82 Å². The minimum Gasteiger partial charge on any atom is -0.494 e. The Morgan fingerprint density at radius 3 is 2.88 bits per heavy atom. The number of halogens is 1. The Bertz CT molecular complexity index is 352. The second kappa shape index (κ2) is 6.28. The summed E-state index contributed by atoms with van der Waals surface area (Å²) >= 11 is 0. The van der Waals surface area contributed by atoms with Gasteiger partial charge >= 0.3 is 0 Å². The van der Waals surface area contributed by atoms with Gasteiger partial charge in [0, 0.05) is 6.04 Å². The highest BCUT2D eigenvalue weighted by atomic mass is 19.1. The Kier molecular flexibility index (Phi) is 4.99. The first-order chi connectivity index (χ1) is 7.69. The maximum absolute atomic E-state index is 13.4. The van der Waals surface area contributed by atoms with Crippen molar-refractivity contribution in [1.82, 2.24) is 5.32 Å². The fourth-order valence-electron chi connectivity index (χ4n) is 1.47. The summed E-state index contributed by atoms with van der Waals surface area (Å²) in [6, 6.07) is 5.15. The van der Waals surface area contributed by atoms with Crippen molar-refractivity contribution in [2.75, 3.05) is 13.7 Å². The van der Waals surface area contributed by atoms with Gasteiger partial charge in [-0.25, -0.2) is 4.39 Å². The third kappa shape index (κ3) is 3.35. The highest BCUT2D eigenvalue weighted by molar-refractivity contribution is 5.30. The maximum atomic E-state index is 13.4. The van der Waals surface area contributed by atoms with Crippen LogP contribution >= 0.6 is 0 Å². The summed E-state index contributed by atoms with van der Waals surface area (Å²) in [5.74, 6) is -0.0422. The summed E-state index contributed by atoms with van der Waals surface area (Å²) in [7, 11) is 1.46. The molecule has 0 radical (unpaired) electrons. The molecule has 1 N–H and O–H groups in total. The molecule has 16 heavy (non-hydrogen) atoms. The zero-order valence-corrected chi connectivity index (χ0v) is 9.79. The van der Waals surface area contributed by atoms with Crippen molar-refractivity contribution in [3.8, 4) is 5.75 Å². The minimum absolute atomic E-state index is 0.125. The van der Waals surface area contributed by atoms with Gasteiger partial charge in [0.15, 0.2) is 11.6 Å². The lowest BCUT2D eigenvalue weighted by molar-refractivity contribution is 0.385. The van der Waals surface area contributed by atoms with Gasteiger partial charge in [-0.3, -0.25) is 0 Å². The summed E-state index contributed by atoms with van der Waals surface area (Å²) < 4.78 is 18.3. The van der Waals surface area contributed by atoms with Crippen molar-refractivity contribution < 1.29 is 9.13 Å². The molecule has 1 aromatic carbocycles. The molecule has 3 heteroatoms. The van der Waals surface area contributed by atoms with E-state index in [2.05, 4.69) is 11.9 Å². The lowest BCUT2D eigenvalue weighted by Gasteiger charge is -2.14. The van der Waals surface area contributed by atoms with Gasteiger partial charge in [0.2, 0.25) is 0 Å². The molecule has 0 aliphatic carbocycles. The van der Waals surface area contributed by atoms with E-state index in [0.29, 0.717) is 0 Å². The van der Waals surface area contributed by atoms with Gasteiger partial charge < -0.3 is 10.1 Å². The summed E-state index contributed by atoms with van der Waals surface area (Å²) in [4.78, 5) is 0. The van der Waals surface area contributed by atoms with E-state index in [1.165, 1.54) is 13.2 Å². The quantitative estimate of drug-likeness (QED) is 0.591. The van der Waals surface area contributed by atoms with E-state index in [1.807, 2.05) is 19.1 Å². The molecule has 0 heterocycles. The number of benzene rings is 1. The van der Waals surface area contributed by atoms with E-state index in [1.54, 1.807) is 6.07 Å². The van der Waals surface area contributed by atoms with Crippen LogP contribution in [0.25, 0.3) is 0 Å². The Labute approximate surface area is 96.1 Å². The van der Waals surface area contributed by atoms with E-state index in [0.717, 1.165) is 18.5 Å². The molecule has 0 spiro atoms. The van der Waals surface area contributed by atoms with Crippen LogP contribution in [0.5, 0.6) is 5.75 Å². The number of hydrogen-bond acceptors (Lipinski definition) is 2. The molecule has 0 aromatic heterocycles. The molecular formula is C13H18FNO. The summed E-state index contributed by atoms with van der Waals surface area (Å²) in [6.45, 7) is 6.50. The van der Waals surface area contributed by atoms with Gasteiger partial charge in [-0.05, 0) is 37.6 Å². The zero-order chi connectivity index (χ0) is 12.0. The first-order valence-corrected chi connectivity index (χ1v) is 5.36. The molecule has 1 atom stereocenters. The molecule has 88 valence electrons. The van der Waals surface area contributed by atoms with Gasteiger partial charge in [0.05, 0.1) is 7.11 Å². The molecule has 0 aliphatic rings. The van der Waals surface area contributed by atoms with Crippen LogP contribution in [0.2, 0.25) is 0 Å². The van der Waals surface area contributed by atoms with E-state index in [9.17, 15) is 4.39 Å². The molecule has 0 saturated heterocycles. The van der Waals surface area contributed by atoms with E-state index in [4.69, 9.17) is 4.74 Å². The topological polar surface area (TPSA) is 21.3 Å². The van der Waals surface area contributed by atoms with Crippen LogP contribution in [-0.4, -0.2) is 13.7 Å².